The van der Waals surface area contributed by atoms with E-state index in [1.807, 2.05) is 32.2 Å². The smallest absolute Gasteiger partial charge is 0.131 e. The largest absolute Gasteiger partial charge is 0.373 e. The molecule has 0 unspecified atom stereocenters. The van der Waals surface area contributed by atoms with Gasteiger partial charge in [0.1, 0.15) is 21.7 Å². The second-order valence-corrected chi connectivity index (χ2v) is 5.48. The van der Waals surface area contributed by atoms with Gasteiger partial charge < -0.3 is 5.32 Å². The quantitative estimate of drug-likeness (QED) is 0.873. The van der Waals surface area contributed by atoms with Gasteiger partial charge in [0.15, 0.2) is 0 Å². The van der Waals surface area contributed by atoms with Crippen LogP contribution in [0.4, 0.5) is 5.82 Å². The third-order valence-corrected chi connectivity index (χ3v) is 3.57. The number of pyridine rings is 1. The Hall–Kier alpha value is -1.14. The third kappa shape index (κ3) is 3.43. The Balaban J connectivity index is 2.25. The lowest BCUT2D eigenvalue weighted by Gasteiger charge is -2.06. The van der Waals surface area contributed by atoms with Crippen LogP contribution in [-0.4, -0.2) is 22.0 Å². The van der Waals surface area contributed by atoms with Gasteiger partial charge in [-0.1, -0.05) is 6.92 Å². The molecular weight excluding hydrogens is 312 g/mol. The monoisotopic (exact) mass is 324 g/mol. The molecule has 2 heterocycles. The Morgan fingerprint density at radius 3 is 2.72 bits per heavy atom. The van der Waals surface area contributed by atoms with Crippen LogP contribution in [0.5, 0.6) is 0 Å². The van der Waals surface area contributed by atoms with E-state index in [0.717, 1.165) is 32.6 Å². The van der Waals surface area contributed by atoms with E-state index >= 15 is 0 Å². The minimum Gasteiger partial charge on any atom is -0.373 e. The minimum absolute atomic E-state index is 0.816. The molecular formula is C12H13BrN4S. The van der Waals surface area contributed by atoms with E-state index in [4.69, 9.17) is 0 Å². The topological polar surface area (TPSA) is 50.7 Å². The van der Waals surface area contributed by atoms with Gasteiger partial charge in [0.25, 0.3) is 0 Å². The first-order valence-electron chi connectivity index (χ1n) is 5.56. The number of hydrogen-bond donors (Lipinski definition) is 1. The lowest BCUT2D eigenvalue weighted by molar-refractivity contribution is 0.890. The Morgan fingerprint density at radius 2 is 2.11 bits per heavy atom. The van der Waals surface area contributed by atoms with E-state index in [2.05, 4.69) is 36.2 Å². The first kappa shape index (κ1) is 13.3. The van der Waals surface area contributed by atoms with E-state index in [1.54, 1.807) is 6.20 Å². The van der Waals surface area contributed by atoms with Crippen molar-refractivity contribution in [3.63, 3.8) is 0 Å². The zero-order valence-corrected chi connectivity index (χ0v) is 12.5. The number of aromatic nitrogens is 3. The summed E-state index contributed by atoms with van der Waals surface area (Å²) in [4.78, 5) is 13.2. The number of nitrogens with zero attached hydrogens (tertiary/aromatic N) is 3. The molecule has 0 saturated carbocycles. The average Bonchev–Trinajstić information content (AvgIpc) is 2.41. The fourth-order valence-electron chi connectivity index (χ4n) is 1.34. The van der Waals surface area contributed by atoms with E-state index in [0.29, 0.717) is 0 Å². The van der Waals surface area contributed by atoms with Crippen LogP contribution in [-0.2, 0) is 6.42 Å². The number of halogens is 1. The maximum absolute atomic E-state index is 4.48. The van der Waals surface area contributed by atoms with Crippen molar-refractivity contribution in [2.45, 2.75) is 23.4 Å². The standard InChI is InChI=1S/C12H13BrN4S/c1-3-9-16-10(14-2)6-12(17-9)18-11-5-4-8(13)7-15-11/h4-7H,3H2,1-2H3,(H,14,16,17). The molecule has 6 heteroatoms. The predicted molar refractivity (Wildman–Crippen MR) is 77.0 cm³/mol. The normalized spacial score (nSPS) is 10.4. The van der Waals surface area contributed by atoms with Crippen LogP contribution in [0, 0.1) is 0 Å². The molecule has 2 aromatic heterocycles. The van der Waals surface area contributed by atoms with Gasteiger partial charge in [-0.2, -0.15) is 0 Å². The molecule has 2 rings (SSSR count). The Morgan fingerprint density at radius 1 is 1.28 bits per heavy atom. The fourth-order valence-corrected chi connectivity index (χ4v) is 2.35. The molecule has 0 aromatic carbocycles. The molecule has 2 aromatic rings. The molecule has 94 valence electrons. The van der Waals surface area contributed by atoms with Crippen molar-refractivity contribution < 1.29 is 0 Å². The number of anilines is 1. The van der Waals surface area contributed by atoms with Crippen molar-refractivity contribution in [1.29, 1.82) is 0 Å². The summed E-state index contributed by atoms with van der Waals surface area (Å²) in [5.41, 5.74) is 0. The van der Waals surface area contributed by atoms with Gasteiger partial charge in [-0.3, -0.25) is 0 Å². The number of nitrogens with one attached hydrogen (secondary N) is 1. The summed E-state index contributed by atoms with van der Waals surface area (Å²) in [7, 11) is 1.86. The van der Waals surface area contributed by atoms with Gasteiger partial charge >= 0.3 is 0 Å². The maximum atomic E-state index is 4.48. The van der Waals surface area contributed by atoms with Crippen molar-refractivity contribution in [2.75, 3.05) is 12.4 Å². The summed E-state index contributed by atoms with van der Waals surface area (Å²) >= 11 is 4.90. The van der Waals surface area contributed by atoms with Crippen molar-refractivity contribution in [3.8, 4) is 0 Å². The highest BCUT2D eigenvalue weighted by atomic mass is 79.9. The molecule has 0 aliphatic heterocycles. The summed E-state index contributed by atoms with van der Waals surface area (Å²) in [5, 5.41) is 4.87. The minimum atomic E-state index is 0.816. The zero-order valence-electron chi connectivity index (χ0n) is 10.1. The van der Waals surface area contributed by atoms with Crippen LogP contribution < -0.4 is 5.32 Å². The van der Waals surface area contributed by atoms with Crippen LogP contribution >= 0.6 is 27.7 Å². The summed E-state index contributed by atoms with van der Waals surface area (Å²) < 4.78 is 0.972. The van der Waals surface area contributed by atoms with Crippen LogP contribution in [0.25, 0.3) is 0 Å². The number of hydrogen-bond acceptors (Lipinski definition) is 5. The molecule has 0 aliphatic rings. The number of aryl methyl sites for hydroxylation is 1. The van der Waals surface area contributed by atoms with Crippen molar-refractivity contribution in [2.24, 2.45) is 0 Å². The molecule has 0 aliphatic carbocycles. The van der Waals surface area contributed by atoms with Gasteiger partial charge in [-0.25, -0.2) is 15.0 Å². The molecule has 4 nitrogen and oxygen atoms in total. The zero-order chi connectivity index (χ0) is 13.0. The third-order valence-electron chi connectivity index (χ3n) is 2.23. The molecule has 0 bridgehead atoms. The summed E-state index contributed by atoms with van der Waals surface area (Å²) in [6.07, 6.45) is 2.60. The van der Waals surface area contributed by atoms with Gasteiger partial charge in [-0.05, 0) is 39.8 Å². The van der Waals surface area contributed by atoms with Crippen molar-refractivity contribution in [3.05, 3.63) is 34.7 Å². The van der Waals surface area contributed by atoms with E-state index in [-0.39, 0.29) is 0 Å². The van der Waals surface area contributed by atoms with Crippen molar-refractivity contribution in [1.82, 2.24) is 15.0 Å². The first-order valence-corrected chi connectivity index (χ1v) is 7.17. The second-order valence-electron chi connectivity index (χ2n) is 3.53. The Bertz CT molecular complexity index is 508. The second kappa shape index (κ2) is 6.15. The fraction of sp³-hybridized carbons (Fsp3) is 0.250. The predicted octanol–water partition coefficient (Wildman–Crippen LogP) is 3.39. The molecule has 0 saturated heterocycles. The van der Waals surface area contributed by atoms with Crippen LogP contribution in [0.1, 0.15) is 12.7 Å². The summed E-state index contributed by atoms with van der Waals surface area (Å²) in [5.74, 6) is 1.67. The van der Waals surface area contributed by atoms with Crippen molar-refractivity contribution >= 4 is 33.5 Å². The number of rotatable bonds is 4. The Kier molecular flexibility index (Phi) is 4.54. The molecule has 0 radical (unpaired) electrons. The van der Waals surface area contributed by atoms with Gasteiger partial charge in [0, 0.05) is 30.2 Å². The lowest BCUT2D eigenvalue weighted by Crippen LogP contribution is -2.00. The van der Waals surface area contributed by atoms with Gasteiger partial charge in [0.2, 0.25) is 0 Å². The van der Waals surface area contributed by atoms with Crippen LogP contribution in [0.15, 0.2) is 38.9 Å². The highest BCUT2D eigenvalue weighted by molar-refractivity contribution is 9.10. The maximum Gasteiger partial charge on any atom is 0.131 e. The lowest BCUT2D eigenvalue weighted by atomic mass is 10.4. The van der Waals surface area contributed by atoms with Gasteiger partial charge in [0.05, 0.1) is 0 Å². The van der Waals surface area contributed by atoms with Crippen LogP contribution in [0.3, 0.4) is 0 Å². The Labute approximate surface area is 119 Å². The summed E-state index contributed by atoms with van der Waals surface area (Å²) in [6.45, 7) is 2.04. The molecule has 0 fully saturated rings. The van der Waals surface area contributed by atoms with E-state index in [9.17, 15) is 0 Å². The highest BCUT2D eigenvalue weighted by Gasteiger charge is 2.05. The molecule has 18 heavy (non-hydrogen) atoms. The average molecular weight is 325 g/mol. The van der Waals surface area contributed by atoms with E-state index < -0.39 is 0 Å². The SMILES string of the molecule is CCc1nc(NC)cc(Sc2ccc(Br)cn2)n1. The van der Waals surface area contributed by atoms with Crippen LogP contribution in [0.2, 0.25) is 0 Å². The summed E-state index contributed by atoms with van der Waals surface area (Å²) in [6, 6.07) is 5.85. The van der Waals surface area contributed by atoms with Gasteiger partial charge in [-0.15, -0.1) is 0 Å². The highest BCUT2D eigenvalue weighted by Crippen LogP contribution is 2.26. The van der Waals surface area contributed by atoms with E-state index in [1.165, 1.54) is 11.8 Å². The molecule has 0 amide bonds. The first-order chi connectivity index (χ1) is 8.71. The molecule has 1 N–H and O–H groups in total. The molecule has 0 spiro atoms. The molecule has 0 atom stereocenters.